The maximum absolute atomic E-state index is 12.5. The summed E-state index contributed by atoms with van der Waals surface area (Å²) >= 11 is 0. The highest BCUT2D eigenvalue weighted by Gasteiger charge is 2.35. The van der Waals surface area contributed by atoms with Crippen LogP contribution < -0.4 is 20.5 Å². The van der Waals surface area contributed by atoms with Crippen molar-refractivity contribution in [2.75, 3.05) is 22.9 Å². The number of hydrogen-bond acceptors (Lipinski definition) is 5. The first-order valence-corrected chi connectivity index (χ1v) is 9.74. The maximum Gasteiger partial charge on any atom is 0.244 e. The first-order valence-electron chi connectivity index (χ1n) is 8.08. The van der Waals surface area contributed by atoms with Crippen molar-refractivity contribution in [1.29, 1.82) is 0 Å². The van der Waals surface area contributed by atoms with Gasteiger partial charge in [0.05, 0.1) is 24.1 Å². The monoisotopic (exact) mass is 355 g/mol. The third-order valence-electron chi connectivity index (χ3n) is 4.30. The summed E-state index contributed by atoms with van der Waals surface area (Å²) in [6.07, 6.45) is 4.34. The van der Waals surface area contributed by atoms with Gasteiger partial charge in [0.25, 0.3) is 0 Å². The van der Waals surface area contributed by atoms with Crippen molar-refractivity contribution >= 4 is 27.3 Å². The third-order valence-corrected chi connectivity index (χ3v) is 5.59. The average Bonchev–Trinajstić information content (AvgIpc) is 2.56. The van der Waals surface area contributed by atoms with Crippen molar-refractivity contribution in [3.63, 3.8) is 0 Å². The number of anilines is 2. The minimum Gasteiger partial charge on any atom is -0.494 e. The number of hydrogen-bond donors (Lipinski definition) is 3. The van der Waals surface area contributed by atoms with Crippen LogP contribution in [0, 0.1) is 0 Å². The van der Waals surface area contributed by atoms with Crippen LogP contribution in [0.1, 0.15) is 39.0 Å². The van der Waals surface area contributed by atoms with E-state index in [9.17, 15) is 13.2 Å². The van der Waals surface area contributed by atoms with Gasteiger partial charge in [0, 0.05) is 11.8 Å². The van der Waals surface area contributed by atoms with E-state index < -0.39 is 15.6 Å². The molecule has 134 valence electrons. The summed E-state index contributed by atoms with van der Waals surface area (Å²) in [5.74, 6) is 0.0790. The van der Waals surface area contributed by atoms with E-state index in [0.29, 0.717) is 30.0 Å². The van der Waals surface area contributed by atoms with Gasteiger partial charge in [0.1, 0.15) is 5.75 Å². The lowest BCUT2D eigenvalue weighted by atomic mass is 9.82. The van der Waals surface area contributed by atoms with E-state index in [1.807, 2.05) is 0 Å². The average molecular weight is 355 g/mol. The Morgan fingerprint density at radius 2 is 1.96 bits per heavy atom. The quantitative estimate of drug-likeness (QED) is 0.723. The molecule has 1 aromatic rings. The molecule has 1 fully saturated rings. The van der Waals surface area contributed by atoms with Crippen LogP contribution in [0.5, 0.6) is 5.75 Å². The molecule has 0 radical (unpaired) electrons. The summed E-state index contributed by atoms with van der Waals surface area (Å²) in [7, 11) is -1.96. The minimum absolute atomic E-state index is 0.0374. The zero-order valence-corrected chi connectivity index (χ0v) is 14.9. The molecule has 0 bridgehead atoms. The molecule has 0 heterocycles. The third kappa shape index (κ3) is 4.39. The van der Waals surface area contributed by atoms with Crippen molar-refractivity contribution in [1.82, 2.24) is 0 Å². The van der Waals surface area contributed by atoms with E-state index in [2.05, 4.69) is 10.0 Å². The van der Waals surface area contributed by atoms with E-state index in [4.69, 9.17) is 10.5 Å². The highest BCUT2D eigenvalue weighted by Crippen LogP contribution is 2.31. The predicted octanol–water partition coefficient (Wildman–Crippen LogP) is 2.06. The molecule has 0 aliphatic heterocycles. The molecule has 1 saturated carbocycles. The van der Waals surface area contributed by atoms with Crippen molar-refractivity contribution in [2.45, 2.75) is 44.6 Å². The number of ether oxygens (including phenoxy) is 1. The van der Waals surface area contributed by atoms with Crippen LogP contribution in [-0.2, 0) is 14.8 Å². The molecule has 0 unspecified atom stereocenters. The van der Waals surface area contributed by atoms with E-state index in [1.54, 1.807) is 25.1 Å². The van der Waals surface area contributed by atoms with Gasteiger partial charge < -0.3 is 15.8 Å². The van der Waals surface area contributed by atoms with Crippen molar-refractivity contribution in [2.24, 2.45) is 5.73 Å². The Morgan fingerprint density at radius 1 is 1.29 bits per heavy atom. The number of carbonyl (C=O) groups excluding carboxylic acids is 1. The Morgan fingerprint density at radius 3 is 2.54 bits per heavy atom. The summed E-state index contributed by atoms with van der Waals surface area (Å²) in [6, 6.07) is 4.77. The number of rotatable bonds is 6. The molecule has 4 N–H and O–H groups in total. The molecular formula is C16H25N3O4S. The Bertz CT molecular complexity index is 697. The summed E-state index contributed by atoms with van der Waals surface area (Å²) in [5, 5.41) is 2.81. The molecule has 2 rings (SSSR count). The van der Waals surface area contributed by atoms with Gasteiger partial charge in [-0.25, -0.2) is 8.42 Å². The molecule has 24 heavy (non-hydrogen) atoms. The van der Waals surface area contributed by atoms with Gasteiger partial charge in [-0.1, -0.05) is 19.3 Å². The second kappa shape index (κ2) is 7.40. The van der Waals surface area contributed by atoms with Gasteiger partial charge in [-0.3, -0.25) is 9.52 Å². The lowest BCUT2D eigenvalue weighted by Gasteiger charge is -2.31. The van der Waals surface area contributed by atoms with Gasteiger partial charge in [0.2, 0.25) is 15.9 Å². The van der Waals surface area contributed by atoms with Crippen molar-refractivity contribution < 1.29 is 17.9 Å². The Hall–Kier alpha value is -1.80. The summed E-state index contributed by atoms with van der Waals surface area (Å²) in [4.78, 5) is 12.5. The van der Waals surface area contributed by atoms with Crippen LogP contribution in [0.15, 0.2) is 18.2 Å². The molecular weight excluding hydrogens is 330 g/mol. The van der Waals surface area contributed by atoms with Crippen LogP contribution in [-0.4, -0.2) is 32.7 Å². The standard InChI is InChI=1S/C16H25N3O4S/c1-3-24(21,22)19-13-8-7-12(11-14(13)23-2)18-15(20)16(17)9-5-4-6-10-16/h7-8,11,19H,3-6,9-10,17H2,1-2H3,(H,18,20). The van der Waals surface area contributed by atoms with Crippen molar-refractivity contribution in [3.05, 3.63) is 18.2 Å². The summed E-state index contributed by atoms with van der Waals surface area (Å²) < 4.78 is 31.1. The summed E-state index contributed by atoms with van der Waals surface area (Å²) in [6.45, 7) is 1.55. The number of sulfonamides is 1. The molecule has 0 spiro atoms. The van der Waals surface area contributed by atoms with E-state index in [-0.39, 0.29) is 11.7 Å². The molecule has 0 aromatic heterocycles. The lowest BCUT2D eigenvalue weighted by molar-refractivity contribution is -0.122. The Kier molecular flexibility index (Phi) is 5.71. The molecule has 7 nitrogen and oxygen atoms in total. The zero-order valence-electron chi connectivity index (χ0n) is 14.1. The van der Waals surface area contributed by atoms with Crippen LogP contribution in [0.4, 0.5) is 11.4 Å². The highest BCUT2D eigenvalue weighted by molar-refractivity contribution is 7.92. The smallest absolute Gasteiger partial charge is 0.244 e. The minimum atomic E-state index is -3.41. The number of methoxy groups -OCH3 is 1. The molecule has 1 aliphatic carbocycles. The molecule has 0 saturated heterocycles. The molecule has 0 atom stereocenters. The number of nitrogens with two attached hydrogens (primary N) is 1. The number of carbonyl (C=O) groups is 1. The van der Waals surface area contributed by atoms with Crippen LogP contribution in [0.25, 0.3) is 0 Å². The van der Waals surface area contributed by atoms with E-state index >= 15 is 0 Å². The topological polar surface area (TPSA) is 111 Å². The fourth-order valence-corrected chi connectivity index (χ4v) is 3.41. The van der Waals surface area contributed by atoms with Gasteiger partial charge in [-0.15, -0.1) is 0 Å². The fraction of sp³-hybridized carbons (Fsp3) is 0.562. The number of nitrogens with one attached hydrogen (secondary N) is 2. The molecule has 1 amide bonds. The highest BCUT2D eigenvalue weighted by atomic mass is 32.2. The first-order chi connectivity index (χ1) is 11.3. The van der Waals surface area contributed by atoms with Crippen molar-refractivity contribution in [3.8, 4) is 5.75 Å². The SMILES string of the molecule is CCS(=O)(=O)Nc1ccc(NC(=O)C2(N)CCCCC2)cc1OC. The largest absolute Gasteiger partial charge is 0.494 e. The second-order valence-corrected chi connectivity index (χ2v) is 8.10. The summed E-state index contributed by atoms with van der Waals surface area (Å²) in [5.41, 5.74) is 6.23. The van der Waals surface area contributed by atoms with Crippen LogP contribution in [0.3, 0.4) is 0 Å². The Balaban J connectivity index is 2.16. The molecule has 1 aliphatic rings. The maximum atomic E-state index is 12.5. The van der Waals surface area contributed by atoms with E-state index in [0.717, 1.165) is 19.3 Å². The molecule has 8 heteroatoms. The number of amides is 1. The van der Waals surface area contributed by atoms with Gasteiger partial charge in [-0.2, -0.15) is 0 Å². The first kappa shape index (κ1) is 18.5. The van der Waals surface area contributed by atoms with Crippen LogP contribution >= 0.6 is 0 Å². The molecule has 1 aromatic carbocycles. The Labute approximate surface area is 143 Å². The zero-order chi connectivity index (χ0) is 17.8. The number of benzene rings is 1. The normalized spacial score (nSPS) is 17.1. The predicted molar refractivity (Wildman–Crippen MR) is 94.7 cm³/mol. The van der Waals surface area contributed by atoms with Gasteiger partial charge >= 0.3 is 0 Å². The lowest BCUT2D eigenvalue weighted by Crippen LogP contribution is -2.52. The fourth-order valence-electron chi connectivity index (χ4n) is 2.76. The van der Waals surface area contributed by atoms with Gasteiger partial charge in [-0.05, 0) is 31.9 Å². The second-order valence-electron chi connectivity index (χ2n) is 6.09. The van der Waals surface area contributed by atoms with E-state index in [1.165, 1.54) is 7.11 Å². The van der Waals surface area contributed by atoms with Gasteiger partial charge in [0.15, 0.2) is 0 Å². The van der Waals surface area contributed by atoms with Crippen LogP contribution in [0.2, 0.25) is 0 Å².